The predicted molar refractivity (Wildman–Crippen MR) is 118 cm³/mol. The molecule has 0 aliphatic heterocycles. The van der Waals surface area contributed by atoms with Crippen molar-refractivity contribution in [2.75, 3.05) is 17.2 Å². The Bertz CT molecular complexity index is 961. The van der Waals surface area contributed by atoms with Crippen LogP contribution >= 0.6 is 11.6 Å². The lowest BCUT2D eigenvalue weighted by molar-refractivity contribution is 0.834. The van der Waals surface area contributed by atoms with Gasteiger partial charge in [-0.25, -0.2) is 0 Å². The highest BCUT2D eigenvalue weighted by molar-refractivity contribution is 6.31. The van der Waals surface area contributed by atoms with Gasteiger partial charge in [0, 0.05) is 28.6 Å². The first-order valence-electron chi connectivity index (χ1n) is 9.67. The van der Waals surface area contributed by atoms with E-state index < -0.39 is 0 Å². The fraction of sp³-hybridized carbons (Fsp3) is 0.250. The van der Waals surface area contributed by atoms with E-state index in [1.807, 2.05) is 0 Å². The van der Waals surface area contributed by atoms with E-state index in [-0.39, 0.29) is 0 Å². The zero-order chi connectivity index (χ0) is 18.8. The number of aryl methyl sites for hydroxylation is 1. The predicted octanol–water partition coefficient (Wildman–Crippen LogP) is 7.18. The van der Waals surface area contributed by atoms with E-state index in [0.717, 1.165) is 34.9 Å². The molecule has 0 fully saturated rings. The van der Waals surface area contributed by atoms with Gasteiger partial charge >= 0.3 is 0 Å². The third kappa shape index (κ3) is 3.81. The average Bonchev–Trinajstić information content (AvgIpc) is 3.01. The minimum Gasteiger partial charge on any atom is -0.385 e. The van der Waals surface area contributed by atoms with Gasteiger partial charge in [-0.15, -0.1) is 0 Å². The Hall–Kier alpha value is -2.45. The van der Waals surface area contributed by atoms with Gasteiger partial charge in [0.1, 0.15) is 0 Å². The van der Waals surface area contributed by atoms with Crippen LogP contribution in [0, 0.1) is 6.92 Å². The minimum atomic E-state index is 0.854. The molecule has 0 radical (unpaired) electrons. The highest BCUT2D eigenvalue weighted by atomic mass is 35.5. The summed E-state index contributed by atoms with van der Waals surface area (Å²) in [4.78, 5) is 0. The van der Waals surface area contributed by atoms with Crippen LogP contribution in [0.1, 0.15) is 36.5 Å². The molecule has 2 nitrogen and oxygen atoms in total. The summed E-state index contributed by atoms with van der Waals surface area (Å²) in [6, 6.07) is 19.5. The number of fused-ring (bicyclic) bond motifs is 3. The van der Waals surface area contributed by atoms with Crippen LogP contribution in [0.15, 0.2) is 54.6 Å². The molecule has 0 aromatic heterocycles. The van der Waals surface area contributed by atoms with Crippen LogP contribution in [0.4, 0.5) is 17.1 Å². The maximum atomic E-state index is 6.31. The van der Waals surface area contributed by atoms with Crippen LogP contribution in [-0.2, 0) is 6.42 Å². The van der Waals surface area contributed by atoms with Crippen LogP contribution in [0.3, 0.4) is 0 Å². The topological polar surface area (TPSA) is 24.1 Å². The Labute approximate surface area is 166 Å². The Balaban J connectivity index is 1.52. The number of hydrogen-bond acceptors (Lipinski definition) is 2. The molecule has 3 aromatic rings. The Morgan fingerprint density at radius 2 is 1.56 bits per heavy atom. The number of halogens is 1. The van der Waals surface area contributed by atoms with Crippen molar-refractivity contribution in [1.82, 2.24) is 0 Å². The second kappa shape index (κ2) is 7.66. The number of nitrogens with one attached hydrogen (secondary N) is 2. The molecule has 0 saturated carbocycles. The first-order chi connectivity index (χ1) is 13.1. The van der Waals surface area contributed by atoms with Gasteiger partial charge < -0.3 is 10.6 Å². The Kier molecular flexibility index (Phi) is 5.09. The molecule has 138 valence electrons. The van der Waals surface area contributed by atoms with Gasteiger partial charge in [0.2, 0.25) is 0 Å². The van der Waals surface area contributed by atoms with Gasteiger partial charge in [-0.3, -0.25) is 0 Å². The summed E-state index contributed by atoms with van der Waals surface area (Å²) in [5.74, 6) is 0. The summed E-state index contributed by atoms with van der Waals surface area (Å²) in [7, 11) is 0. The third-order valence-electron chi connectivity index (χ3n) is 5.20. The molecule has 1 aliphatic rings. The Morgan fingerprint density at radius 1 is 0.852 bits per heavy atom. The van der Waals surface area contributed by atoms with Crippen LogP contribution in [-0.4, -0.2) is 6.54 Å². The van der Waals surface area contributed by atoms with Gasteiger partial charge in [-0.05, 0) is 96.1 Å². The van der Waals surface area contributed by atoms with Crippen molar-refractivity contribution in [1.29, 1.82) is 0 Å². The van der Waals surface area contributed by atoms with Crippen LogP contribution in [0.25, 0.3) is 11.1 Å². The largest absolute Gasteiger partial charge is 0.385 e. The smallest absolute Gasteiger partial charge is 0.0438 e. The molecular weight excluding hydrogens is 352 g/mol. The lowest BCUT2D eigenvalue weighted by Gasteiger charge is -2.11. The van der Waals surface area contributed by atoms with Crippen molar-refractivity contribution >= 4 is 28.7 Å². The molecule has 3 aromatic carbocycles. The summed E-state index contributed by atoms with van der Waals surface area (Å²) in [5.41, 5.74) is 9.83. The molecule has 0 unspecified atom stereocenters. The molecule has 3 heteroatoms. The van der Waals surface area contributed by atoms with Gasteiger partial charge in [-0.1, -0.05) is 31.0 Å². The fourth-order valence-electron chi connectivity index (χ4n) is 3.63. The highest BCUT2D eigenvalue weighted by Crippen LogP contribution is 2.40. The number of anilines is 3. The van der Waals surface area contributed by atoms with E-state index in [9.17, 15) is 0 Å². The SMILES string of the molecule is CCCCNc1ccc(Nc2ccc3c(c2)-c2cc(C)c(Cl)cc2C3)cc1. The van der Waals surface area contributed by atoms with E-state index >= 15 is 0 Å². The van der Waals surface area contributed by atoms with E-state index in [0.29, 0.717) is 0 Å². The molecule has 0 bridgehead atoms. The summed E-state index contributed by atoms with van der Waals surface area (Å²) in [5, 5.41) is 7.84. The van der Waals surface area contributed by atoms with Crippen molar-refractivity contribution in [3.63, 3.8) is 0 Å². The zero-order valence-electron chi connectivity index (χ0n) is 15.9. The second-order valence-electron chi connectivity index (χ2n) is 7.29. The third-order valence-corrected chi connectivity index (χ3v) is 5.61. The van der Waals surface area contributed by atoms with E-state index in [2.05, 4.69) is 79.1 Å². The fourth-order valence-corrected chi connectivity index (χ4v) is 3.82. The van der Waals surface area contributed by atoms with Crippen molar-refractivity contribution in [3.8, 4) is 11.1 Å². The first kappa shape index (κ1) is 17.9. The zero-order valence-corrected chi connectivity index (χ0v) is 16.7. The number of hydrogen-bond donors (Lipinski definition) is 2. The van der Waals surface area contributed by atoms with E-state index in [1.165, 1.54) is 40.8 Å². The quantitative estimate of drug-likeness (QED) is 0.348. The standard InChI is InChI=1S/C24H25ClN2/c1-3-4-11-26-19-7-9-20(10-8-19)27-21-6-5-17-13-18-14-24(25)16(2)12-22(18)23(17)15-21/h5-10,12,14-15,26-27H,3-4,11,13H2,1-2H3. The van der Waals surface area contributed by atoms with Crippen LogP contribution in [0.2, 0.25) is 5.02 Å². The summed E-state index contributed by atoms with van der Waals surface area (Å²) < 4.78 is 0. The van der Waals surface area contributed by atoms with Crippen molar-refractivity contribution in [3.05, 3.63) is 76.3 Å². The normalized spacial score (nSPS) is 11.8. The monoisotopic (exact) mass is 376 g/mol. The molecule has 4 rings (SSSR count). The summed E-state index contributed by atoms with van der Waals surface area (Å²) >= 11 is 6.31. The number of rotatable bonds is 6. The number of unbranched alkanes of at least 4 members (excludes halogenated alkanes) is 1. The van der Waals surface area contributed by atoms with Gasteiger partial charge in [0.25, 0.3) is 0 Å². The Morgan fingerprint density at radius 3 is 2.33 bits per heavy atom. The molecule has 0 amide bonds. The van der Waals surface area contributed by atoms with Crippen molar-refractivity contribution in [2.24, 2.45) is 0 Å². The molecule has 0 saturated heterocycles. The molecular formula is C24H25ClN2. The van der Waals surface area contributed by atoms with Gasteiger partial charge in [-0.2, -0.15) is 0 Å². The van der Waals surface area contributed by atoms with Gasteiger partial charge in [0.05, 0.1) is 0 Å². The maximum Gasteiger partial charge on any atom is 0.0438 e. The molecule has 1 aliphatic carbocycles. The second-order valence-corrected chi connectivity index (χ2v) is 7.70. The summed E-state index contributed by atoms with van der Waals surface area (Å²) in [6.07, 6.45) is 3.37. The molecule has 27 heavy (non-hydrogen) atoms. The molecule has 2 N–H and O–H groups in total. The maximum absolute atomic E-state index is 6.31. The average molecular weight is 377 g/mol. The van der Waals surface area contributed by atoms with E-state index in [4.69, 9.17) is 11.6 Å². The van der Waals surface area contributed by atoms with E-state index in [1.54, 1.807) is 0 Å². The highest BCUT2D eigenvalue weighted by Gasteiger charge is 2.20. The lowest BCUT2D eigenvalue weighted by atomic mass is 10.0. The summed E-state index contributed by atoms with van der Waals surface area (Å²) in [6.45, 7) is 5.30. The van der Waals surface area contributed by atoms with Crippen LogP contribution in [0.5, 0.6) is 0 Å². The van der Waals surface area contributed by atoms with Crippen molar-refractivity contribution < 1.29 is 0 Å². The minimum absolute atomic E-state index is 0.854. The van der Waals surface area contributed by atoms with Crippen LogP contribution < -0.4 is 10.6 Å². The molecule has 0 spiro atoms. The molecule has 0 heterocycles. The van der Waals surface area contributed by atoms with Gasteiger partial charge in [0.15, 0.2) is 0 Å². The lowest BCUT2D eigenvalue weighted by Crippen LogP contribution is -2.00. The number of benzene rings is 3. The van der Waals surface area contributed by atoms with Crippen molar-refractivity contribution in [2.45, 2.75) is 33.1 Å². The molecule has 0 atom stereocenters. The first-order valence-corrected chi connectivity index (χ1v) is 10.0.